The van der Waals surface area contributed by atoms with Crippen LogP contribution in [0.5, 0.6) is 0 Å². The van der Waals surface area contributed by atoms with Gasteiger partial charge in [-0.1, -0.05) is 0 Å². The van der Waals surface area contributed by atoms with E-state index in [-0.39, 0.29) is 0 Å². The third-order valence-electron chi connectivity index (χ3n) is 5.57. The van der Waals surface area contributed by atoms with Crippen molar-refractivity contribution >= 4 is 22.4 Å². The van der Waals surface area contributed by atoms with Gasteiger partial charge in [-0.3, -0.25) is 10.1 Å². The van der Waals surface area contributed by atoms with Crippen molar-refractivity contribution in [3.63, 3.8) is 0 Å². The van der Waals surface area contributed by atoms with Gasteiger partial charge in [0.25, 0.3) is 0 Å². The van der Waals surface area contributed by atoms with E-state index in [1.54, 1.807) is 6.20 Å². The van der Waals surface area contributed by atoms with Crippen LogP contribution in [0.4, 0.5) is 11.5 Å². The lowest BCUT2D eigenvalue weighted by Crippen LogP contribution is -2.45. The summed E-state index contributed by atoms with van der Waals surface area (Å²) in [5.74, 6) is 0.991. The van der Waals surface area contributed by atoms with E-state index < -0.39 is 0 Å². The summed E-state index contributed by atoms with van der Waals surface area (Å²) in [4.78, 5) is 14.5. The molecular formula is C20H25N7O. The van der Waals surface area contributed by atoms with Crippen LogP contribution in [-0.2, 0) is 4.74 Å². The number of aromatic nitrogens is 4. The summed E-state index contributed by atoms with van der Waals surface area (Å²) in [6.07, 6.45) is 3.61. The Morgan fingerprint density at radius 1 is 1.14 bits per heavy atom. The summed E-state index contributed by atoms with van der Waals surface area (Å²) >= 11 is 0. The second-order valence-corrected chi connectivity index (χ2v) is 7.38. The topological polar surface area (TPSA) is 82.2 Å². The Morgan fingerprint density at radius 3 is 2.82 bits per heavy atom. The molecule has 0 unspecified atom stereocenters. The van der Waals surface area contributed by atoms with Crippen LogP contribution >= 0.6 is 0 Å². The molecule has 0 radical (unpaired) electrons. The van der Waals surface area contributed by atoms with Gasteiger partial charge in [0.15, 0.2) is 0 Å². The van der Waals surface area contributed by atoms with Crippen LogP contribution < -0.4 is 15.1 Å². The molecule has 8 nitrogen and oxygen atoms in total. The fourth-order valence-electron chi connectivity index (χ4n) is 4.09. The van der Waals surface area contributed by atoms with Crippen molar-refractivity contribution in [1.82, 2.24) is 25.5 Å². The van der Waals surface area contributed by atoms with Gasteiger partial charge in [0.05, 0.1) is 30.6 Å². The monoisotopic (exact) mass is 379 g/mol. The number of aromatic amines is 1. The SMILES string of the molecule is C[C@@H]1COCCN1c1cc(N2CCNCC2)c2ccnc(-c3ccn[nH]3)c2n1. The molecule has 2 N–H and O–H groups in total. The molecule has 3 aromatic heterocycles. The first-order chi connectivity index (χ1) is 13.8. The number of morpholine rings is 1. The van der Waals surface area contributed by atoms with E-state index in [4.69, 9.17) is 9.72 Å². The number of piperazine rings is 1. The Kier molecular flexibility index (Phi) is 4.58. The van der Waals surface area contributed by atoms with Crippen LogP contribution in [0.2, 0.25) is 0 Å². The molecule has 3 aromatic rings. The summed E-state index contributed by atoms with van der Waals surface area (Å²) in [6, 6.07) is 6.55. The second kappa shape index (κ2) is 7.37. The minimum absolute atomic E-state index is 0.293. The first-order valence-electron chi connectivity index (χ1n) is 9.91. The van der Waals surface area contributed by atoms with E-state index in [1.807, 2.05) is 12.3 Å². The molecule has 1 atom stereocenters. The molecule has 28 heavy (non-hydrogen) atoms. The zero-order valence-corrected chi connectivity index (χ0v) is 16.1. The molecule has 2 aliphatic heterocycles. The zero-order chi connectivity index (χ0) is 18.9. The average molecular weight is 379 g/mol. The summed E-state index contributed by atoms with van der Waals surface area (Å²) in [5.41, 5.74) is 3.87. The van der Waals surface area contributed by atoms with Gasteiger partial charge in [0, 0.05) is 56.6 Å². The highest BCUT2D eigenvalue weighted by Crippen LogP contribution is 2.35. The van der Waals surface area contributed by atoms with E-state index in [0.29, 0.717) is 6.04 Å². The number of fused-ring (bicyclic) bond motifs is 1. The molecule has 0 bridgehead atoms. The van der Waals surface area contributed by atoms with Gasteiger partial charge in [-0.25, -0.2) is 4.98 Å². The van der Waals surface area contributed by atoms with Crippen molar-refractivity contribution in [1.29, 1.82) is 0 Å². The van der Waals surface area contributed by atoms with E-state index in [0.717, 1.165) is 74.0 Å². The highest BCUT2D eigenvalue weighted by atomic mass is 16.5. The summed E-state index contributed by atoms with van der Waals surface area (Å²) in [6.45, 7) is 8.44. The summed E-state index contributed by atoms with van der Waals surface area (Å²) in [7, 11) is 0. The summed E-state index contributed by atoms with van der Waals surface area (Å²) in [5, 5.41) is 11.7. The smallest absolute Gasteiger partial charge is 0.131 e. The van der Waals surface area contributed by atoms with Crippen LogP contribution in [0.25, 0.3) is 22.3 Å². The van der Waals surface area contributed by atoms with Crippen molar-refractivity contribution in [3.8, 4) is 11.4 Å². The van der Waals surface area contributed by atoms with Gasteiger partial charge < -0.3 is 19.9 Å². The third kappa shape index (κ3) is 3.08. The molecule has 2 aliphatic rings. The van der Waals surface area contributed by atoms with E-state index >= 15 is 0 Å². The minimum Gasteiger partial charge on any atom is -0.377 e. The number of rotatable bonds is 3. The molecule has 0 aromatic carbocycles. The largest absolute Gasteiger partial charge is 0.377 e. The van der Waals surface area contributed by atoms with Gasteiger partial charge in [0.2, 0.25) is 0 Å². The van der Waals surface area contributed by atoms with Crippen molar-refractivity contribution in [2.24, 2.45) is 0 Å². The fourth-order valence-corrected chi connectivity index (χ4v) is 4.09. The van der Waals surface area contributed by atoms with Crippen molar-refractivity contribution < 1.29 is 4.74 Å². The number of nitrogens with zero attached hydrogens (tertiary/aromatic N) is 5. The number of anilines is 2. The standard InChI is InChI=1S/C20H25N7O/c1-14-13-28-11-10-27(14)18-12-17(26-8-6-21-7-9-26)15-2-4-22-20(19(15)24-18)16-3-5-23-25-16/h2-5,12,14,21H,6-11,13H2,1H3,(H,23,25)/t14-/m1/s1. The van der Waals surface area contributed by atoms with Crippen LogP contribution in [0.1, 0.15) is 6.92 Å². The Labute approximate surface area is 163 Å². The molecule has 146 valence electrons. The van der Waals surface area contributed by atoms with Crippen LogP contribution in [0, 0.1) is 0 Å². The van der Waals surface area contributed by atoms with E-state index in [1.165, 1.54) is 5.69 Å². The lowest BCUT2D eigenvalue weighted by molar-refractivity contribution is 0.0986. The highest BCUT2D eigenvalue weighted by molar-refractivity contribution is 6.00. The number of H-pyrrole nitrogens is 1. The predicted molar refractivity (Wildman–Crippen MR) is 110 cm³/mol. The molecule has 8 heteroatoms. The Morgan fingerprint density at radius 2 is 2.04 bits per heavy atom. The van der Waals surface area contributed by atoms with E-state index in [2.05, 4.69) is 49.4 Å². The molecule has 2 saturated heterocycles. The van der Waals surface area contributed by atoms with Gasteiger partial charge >= 0.3 is 0 Å². The van der Waals surface area contributed by atoms with Crippen LogP contribution in [-0.4, -0.2) is 72.1 Å². The van der Waals surface area contributed by atoms with Gasteiger partial charge in [0.1, 0.15) is 17.0 Å². The Balaban J connectivity index is 1.70. The predicted octanol–water partition coefficient (Wildman–Crippen LogP) is 1.65. The second-order valence-electron chi connectivity index (χ2n) is 7.38. The summed E-state index contributed by atoms with van der Waals surface area (Å²) < 4.78 is 5.64. The van der Waals surface area contributed by atoms with Gasteiger partial charge in [-0.2, -0.15) is 5.10 Å². The van der Waals surface area contributed by atoms with Gasteiger partial charge in [-0.15, -0.1) is 0 Å². The maximum Gasteiger partial charge on any atom is 0.131 e. The number of hydrogen-bond acceptors (Lipinski definition) is 7. The molecular weight excluding hydrogens is 354 g/mol. The zero-order valence-electron chi connectivity index (χ0n) is 16.1. The van der Waals surface area contributed by atoms with Crippen molar-refractivity contribution in [3.05, 3.63) is 30.6 Å². The van der Waals surface area contributed by atoms with Gasteiger partial charge in [-0.05, 0) is 19.1 Å². The lowest BCUT2D eigenvalue weighted by atomic mass is 10.1. The normalized spacial score (nSPS) is 20.7. The number of ether oxygens (including phenoxy) is 1. The molecule has 0 saturated carbocycles. The minimum atomic E-state index is 0.293. The van der Waals surface area contributed by atoms with Crippen LogP contribution in [0.3, 0.4) is 0 Å². The molecule has 0 spiro atoms. The maximum atomic E-state index is 5.64. The lowest BCUT2D eigenvalue weighted by Gasteiger charge is -2.36. The first-order valence-corrected chi connectivity index (χ1v) is 9.91. The Hall–Kier alpha value is -2.71. The Bertz CT molecular complexity index is 953. The fraction of sp³-hybridized carbons (Fsp3) is 0.450. The molecule has 0 aliphatic carbocycles. The number of nitrogens with one attached hydrogen (secondary N) is 2. The van der Waals surface area contributed by atoms with Crippen LogP contribution in [0.15, 0.2) is 30.6 Å². The average Bonchev–Trinajstić information content (AvgIpc) is 3.28. The molecule has 5 rings (SSSR count). The van der Waals surface area contributed by atoms with Crippen molar-refractivity contribution in [2.45, 2.75) is 13.0 Å². The third-order valence-corrected chi connectivity index (χ3v) is 5.57. The first kappa shape index (κ1) is 17.4. The number of hydrogen-bond donors (Lipinski definition) is 2. The molecule has 2 fully saturated rings. The number of pyridine rings is 2. The molecule has 5 heterocycles. The quantitative estimate of drug-likeness (QED) is 0.716. The maximum absolute atomic E-state index is 5.64. The molecule has 0 amide bonds. The van der Waals surface area contributed by atoms with Crippen molar-refractivity contribution in [2.75, 3.05) is 55.7 Å². The highest BCUT2D eigenvalue weighted by Gasteiger charge is 2.24. The van der Waals surface area contributed by atoms with E-state index in [9.17, 15) is 0 Å².